The van der Waals surface area contributed by atoms with Crippen molar-refractivity contribution in [2.24, 2.45) is 0 Å². The molecule has 1 aliphatic rings. The molecule has 1 atom stereocenters. The van der Waals surface area contributed by atoms with Crippen LogP contribution in [-0.4, -0.2) is 23.5 Å². The minimum absolute atomic E-state index is 0.110. The topological polar surface area (TPSA) is 63.6 Å². The van der Waals surface area contributed by atoms with Crippen LogP contribution in [-0.2, 0) is 5.41 Å². The van der Waals surface area contributed by atoms with E-state index in [4.69, 9.17) is 4.74 Å². The van der Waals surface area contributed by atoms with Gasteiger partial charge in [-0.15, -0.1) is 0 Å². The van der Waals surface area contributed by atoms with E-state index in [9.17, 15) is 14.7 Å². The number of carbonyl (C=O) groups is 2. The van der Waals surface area contributed by atoms with Gasteiger partial charge in [0.1, 0.15) is 12.4 Å². The molecule has 1 heterocycles. The van der Waals surface area contributed by atoms with E-state index in [1.165, 1.54) is 6.07 Å². The van der Waals surface area contributed by atoms with Crippen LogP contribution < -0.4 is 4.74 Å². The Morgan fingerprint density at radius 3 is 2.52 bits per heavy atom. The van der Waals surface area contributed by atoms with E-state index in [-0.39, 0.29) is 11.3 Å². The summed E-state index contributed by atoms with van der Waals surface area (Å²) in [4.78, 5) is 23.7. The molecule has 3 rings (SSSR count). The first kappa shape index (κ1) is 15.3. The predicted molar refractivity (Wildman–Crippen MR) is 86.4 cm³/mol. The Labute approximate surface area is 134 Å². The second-order valence-corrected chi connectivity index (χ2v) is 5.97. The van der Waals surface area contributed by atoms with E-state index < -0.39 is 11.4 Å². The summed E-state index contributed by atoms with van der Waals surface area (Å²) in [5.41, 5.74) is 1.82. The largest absolute Gasteiger partial charge is 0.491 e. The number of benzene rings is 2. The third-order valence-corrected chi connectivity index (χ3v) is 4.47. The number of ether oxygens (including phenoxy) is 1. The zero-order chi connectivity index (χ0) is 16.6. The quantitative estimate of drug-likeness (QED) is 0.875. The number of carbonyl (C=O) groups excluding carboxylic acids is 1. The van der Waals surface area contributed by atoms with Crippen LogP contribution in [0.15, 0.2) is 42.5 Å². The maximum Gasteiger partial charge on any atom is 0.335 e. The lowest BCUT2D eigenvalue weighted by Gasteiger charge is -2.23. The standard InChI is InChI=1S/C19H18O4/c1-3-16(20)14-9-12(18(21)22)10-15-17(14)23-11-19(15,2)13-7-5-4-6-8-13/h4-10H,3,11H2,1-2H3,(H,21,22)/t19-/m0/s1. The van der Waals surface area contributed by atoms with Crippen molar-refractivity contribution in [3.63, 3.8) is 0 Å². The van der Waals surface area contributed by atoms with Crippen molar-refractivity contribution in [3.05, 3.63) is 64.7 Å². The molecule has 4 nitrogen and oxygen atoms in total. The molecule has 0 spiro atoms. The zero-order valence-electron chi connectivity index (χ0n) is 13.1. The Morgan fingerprint density at radius 2 is 1.91 bits per heavy atom. The highest BCUT2D eigenvalue weighted by Gasteiger charge is 2.40. The fourth-order valence-electron chi connectivity index (χ4n) is 3.05. The molecule has 0 radical (unpaired) electrons. The fourth-order valence-corrected chi connectivity index (χ4v) is 3.05. The first-order chi connectivity index (χ1) is 11.0. The van der Waals surface area contributed by atoms with Gasteiger partial charge in [-0.2, -0.15) is 0 Å². The maximum atomic E-state index is 12.2. The third-order valence-electron chi connectivity index (χ3n) is 4.47. The molecule has 0 aliphatic carbocycles. The molecular weight excluding hydrogens is 292 g/mol. The molecule has 0 saturated carbocycles. The number of aromatic carboxylic acids is 1. The smallest absolute Gasteiger partial charge is 0.335 e. The summed E-state index contributed by atoms with van der Waals surface area (Å²) in [6.07, 6.45) is 0.306. The van der Waals surface area contributed by atoms with E-state index >= 15 is 0 Å². The molecule has 23 heavy (non-hydrogen) atoms. The first-order valence-corrected chi connectivity index (χ1v) is 7.60. The van der Waals surface area contributed by atoms with Crippen molar-refractivity contribution in [1.29, 1.82) is 0 Å². The van der Waals surface area contributed by atoms with Gasteiger partial charge in [0.05, 0.1) is 16.5 Å². The van der Waals surface area contributed by atoms with Crippen molar-refractivity contribution in [2.45, 2.75) is 25.7 Å². The summed E-state index contributed by atoms with van der Waals surface area (Å²) in [6.45, 7) is 4.16. The summed E-state index contributed by atoms with van der Waals surface area (Å²) >= 11 is 0. The molecule has 0 fully saturated rings. The van der Waals surface area contributed by atoms with Crippen LogP contribution in [0.4, 0.5) is 0 Å². The molecule has 2 aromatic rings. The summed E-state index contributed by atoms with van der Waals surface area (Å²) < 4.78 is 5.84. The molecule has 1 aliphatic heterocycles. The highest BCUT2D eigenvalue weighted by Crippen LogP contribution is 2.45. The Kier molecular flexibility index (Phi) is 3.68. The van der Waals surface area contributed by atoms with Gasteiger partial charge in [-0.3, -0.25) is 4.79 Å². The number of carboxylic acids is 1. The number of carboxylic acid groups (broad SMARTS) is 1. The van der Waals surface area contributed by atoms with Gasteiger partial charge < -0.3 is 9.84 Å². The van der Waals surface area contributed by atoms with E-state index in [1.807, 2.05) is 37.3 Å². The van der Waals surface area contributed by atoms with Crippen LogP contribution in [0.25, 0.3) is 0 Å². The third kappa shape index (κ3) is 2.40. The van der Waals surface area contributed by atoms with Crippen LogP contribution in [0, 0.1) is 0 Å². The molecule has 0 amide bonds. The summed E-state index contributed by atoms with van der Waals surface area (Å²) in [6, 6.07) is 12.9. The second kappa shape index (κ2) is 5.54. The monoisotopic (exact) mass is 310 g/mol. The lowest BCUT2D eigenvalue weighted by atomic mass is 9.77. The molecule has 0 bridgehead atoms. The van der Waals surface area contributed by atoms with Crippen LogP contribution in [0.1, 0.15) is 52.1 Å². The van der Waals surface area contributed by atoms with Gasteiger partial charge >= 0.3 is 5.97 Å². The highest BCUT2D eigenvalue weighted by molar-refractivity contribution is 6.02. The number of Topliss-reactive ketones (excluding diaryl/α,β-unsaturated/α-hetero) is 1. The number of ketones is 1. The molecule has 0 aromatic heterocycles. The van der Waals surface area contributed by atoms with Gasteiger partial charge in [0, 0.05) is 12.0 Å². The molecule has 1 N–H and O–H groups in total. The molecule has 4 heteroatoms. The van der Waals surface area contributed by atoms with Crippen LogP contribution in [0.2, 0.25) is 0 Å². The fraction of sp³-hybridized carbons (Fsp3) is 0.263. The van der Waals surface area contributed by atoms with Crippen molar-refractivity contribution < 1.29 is 19.4 Å². The van der Waals surface area contributed by atoms with Crippen molar-refractivity contribution in [3.8, 4) is 5.75 Å². The molecular formula is C19H18O4. The minimum atomic E-state index is -1.04. The van der Waals surface area contributed by atoms with E-state index in [0.29, 0.717) is 24.3 Å². The van der Waals surface area contributed by atoms with Crippen molar-refractivity contribution >= 4 is 11.8 Å². The number of rotatable bonds is 4. The van der Waals surface area contributed by atoms with Crippen molar-refractivity contribution in [2.75, 3.05) is 6.61 Å². The number of fused-ring (bicyclic) bond motifs is 1. The normalized spacial score (nSPS) is 19.0. The van der Waals surface area contributed by atoms with Crippen molar-refractivity contribution in [1.82, 2.24) is 0 Å². The molecule has 0 saturated heterocycles. The summed E-state index contributed by atoms with van der Waals surface area (Å²) in [5, 5.41) is 9.38. The lowest BCUT2D eigenvalue weighted by molar-refractivity contribution is 0.0696. The Balaban J connectivity index is 2.24. The molecule has 2 aromatic carbocycles. The molecule has 118 valence electrons. The summed E-state index contributed by atoms with van der Waals surface area (Å²) in [5.74, 6) is -0.630. The zero-order valence-corrected chi connectivity index (χ0v) is 13.1. The highest BCUT2D eigenvalue weighted by atomic mass is 16.5. The average Bonchev–Trinajstić information content (AvgIpc) is 2.92. The van der Waals surface area contributed by atoms with Crippen LogP contribution >= 0.6 is 0 Å². The Morgan fingerprint density at radius 1 is 1.22 bits per heavy atom. The van der Waals surface area contributed by atoms with Gasteiger partial charge in [0.15, 0.2) is 5.78 Å². The van der Waals surface area contributed by atoms with Gasteiger partial charge in [-0.25, -0.2) is 4.79 Å². The van der Waals surface area contributed by atoms with Gasteiger partial charge in [0.2, 0.25) is 0 Å². The second-order valence-electron chi connectivity index (χ2n) is 5.97. The van der Waals surface area contributed by atoms with E-state index in [0.717, 1.165) is 11.1 Å². The summed E-state index contributed by atoms with van der Waals surface area (Å²) in [7, 11) is 0. The average molecular weight is 310 g/mol. The van der Waals surface area contributed by atoms with E-state index in [1.54, 1.807) is 13.0 Å². The Bertz CT molecular complexity index is 779. The first-order valence-electron chi connectivity index (χ1n) is 7.60. The van der Waals surface area contributed by atoms with Gasteiger partial charge in [-0.1, -0.05) is 37.3 Å². The number of hydrogen-bond acceptors (Lipinski definition) is 3. The predicted octanol–water partition coefficient (Wildman–Crippen LogP) is 3.68. The van der Waals surface area contributed by atoms with E-state index in [2.05, 4.69) is 0 Å². The Hall–Kier alpha value is -2.62. The maximum absolute atomic E-state index is 12.2. The minimum Gasteiger partial charge on any atom is -0.491 e. The van der Waals surface area contributed by atoms with Gasteiger partial charge in [0.25, 0.3) is 0 Å². The SMILES string of the molecule is CCC(=O)c1cc(C(=O)O)cc2c1OC[C@@]2(C)c1ccccc1. The molecule has 0 unspecified atom stereocenters. The number of hydrogen-bond donors (Lipinski definition) is 1. The lowest BCUT2D eigenvalue weighted by Crippen LogP contribution is -2.25. The van der Waals surface area contributed by atoms with Crippen LogP contribution in [0.3, 0.4) is 0 Å². The van der Waals surface area contributed by atoms with Gasteiger partial charge in [-0.05, 0) is 24.6 Å². The van der Waals surface area contributed by atoms with Crippen LogP contribution in [0.5, 0.6) is 5.75 Å².